The highest BCUT2D eigenvalue weighted by atomic mass is 15.4. The molecule has 7 aliphatic rings. The molecular formula is C43H68N4. The quantitative estimate of drug-likeness (QED) is 0.328. The number of hydrogen-bond donors (Lipinski definition) is 0. The largest absolute Gasteiger partial charge is 0.336 e. The van der Waals surface area contributed by atoms with Crippen LogP contribution in [-0.2, 0) is 0 Å². The smallest absolute Gasteiger partial charge is 0.245 e. The predicted octanol–water partition coefficient (Wildman–Crippen LogP) is 11.6. The zero-order chi connectivity index (χ0) is 33.5. The molecule has 6 fully saturated rings. The molecule has 0 radical (unpaired) electrons. The minimum Gasteiger partial charge on any atom is -0.336 e. The average molecular weight is 641 g/mol. The second-order valence-corrected chi connectivity index (χ2v) is 20.9. The van der Waals surface area contributed by atoms with Gasteiger partial charge in [-0.15, -0.1) is 5.10 Å². The zero-order valence-corrected chi connectivity index (χ0v) is 32.1. The minimum absolute atomic E-state index is 0.0869. The molecule has 0 spiro atoms. The van der Waals surface area contributed by atoms with Gasteiger partial charge in [-0.25, -0.2) is 4.68 Å². The lowest BCUT2D eigenvalue weighted by Crippen LogP contribution is -2.78. The van der Waals surface area contributed by atoms with Crippen molar-refractivity contribution in [3.8, 4) is 0 Å². The fourth-order valence-corrected chi connectivity index (χ4v) is 16.0. The molecule has 4 nitrogen and oxygen atoms in total. The van der Waals surface area contributed by atoms with Crippen LogP contribution in [0.15, 0.2) is 12.2 Å². The van der Waals surface area contributed by atoms with E-state index in [1.165, 1.54) is 109 Å². The molecule has 0 N–H and O–H groups in total. The lowest BCUT2D eigenvalue weighted by Gasteiger charge is -2.80. The van der Waals surface area contributed by atoms with Crippen molar-refractivity contribution < 1.29 is 0 Å². The van der Waals surface area contributed by atoms with Gasteiger partial charge in [0, 0.05) is 35.2 Å². The maximum atomic E-state index is 5.75. The maximum Gasteiger partial charge on any atom is 0.245 e. The number of rotatable bonds is 4. The standard InChI is InChI=1S/C43H68N4/c1-30(2)41-19-12-11-17-37(6)22-23-42(25-24-41,34(37)41)32-27-31(3)15-26-47-33(32)44-35(45-47)46(10)43-20-13-16-36(4,5)28-39(8)29-38(7,18-14-21-43)40(39,43)9/h15,26-27,30-31,34H,11-14,16-25,28-29H2,1-10H3. The topological polar surface area (TPSA) is 34.0 Å². The first-order valence-electron chi connectivity index (χ1n) is 20.1. The van der Waals surface area contributed by atoms with Crippen LogP contribution in [0.5, 0.6) is 0 Å². The molecule has 0 bridgehead atoms. The number of aromatic nitrogens is 3. The summed E-state index contributed by atoms with van der Waals surface area (Å²) in [6.07, 6.45) is 28.9. The molecule has 1 aromatic heterocycles. The Morgan fingerprint density at radius 3 is 2.23 bits per heavy atom. The number of hydrogen-bond acceptors (Lipinski definition) is 3. The van der Waals surface area contributed by atoms with E-state index in [2.05, 4.69) is 97.3 Å². The first-order valence-corrected chi connectivity index (χ1v) is 20.1. The van der Waals surface area contributed by atoms with Gasteiger partial charge in [0.1, 0.15) is 0 Å². The van der Waals surface area contributed by atoms with Crippen molar-refractivity contribution in [2.45, 2.75) is 171 Å². The molecule has 8 rings (SSSR count). The Morgan fingerprint density at radius 1 is 0.787 bits per heavy atom. The summed E-state index contributed by atoms with van der Waals surface area (Å²) in [5, 5.41) is 5.50. The summed E-state index contributed by atoms with van der Waals surface area (Å²) in [4.78, 5) is 8.42. The Morgan fingerprint density at radius 2 is 1.49 bits per heavy atom. The first-order chi connectivity index (χ1) is 22.0. The van der Waals surface area contributed by atoms with Crippen molar-refractivity contribution in [2.24, 2.45) is 55.7 Å². The third-order valence-corrected chi connectivity index (χ3v) is 17.8. The van der Waals surface area contributed by atoms with Crippen molar-refractivity contribution in [3.05, 3.63) is 18.0 Å². The molecule has 0 amide bonds. The van der Waals surface area contributed by atoms with Gasteiger partial charge in [-0.3, -0.25) is 0 Å². The van der Waals surface area contributed by atoms with E-state index in [9.17, 15) is 0 Å². The lowest BCUT2D eigenvalue weighted by atomic mass is 9.27. The van der Waals surface area contributed by atoms with E-state index in [1.807, 2.05) is 0 Å². The predicted molar refractivity (Wildman–Crippen MR) is 197 cm³/mol. The number of fused-ring (bicyclic) bond motifs is 1. The average Bonchev–Trinajstić information content (AvgIpc) is 3.59. The molecular weight excluding hydrogens is 573 g/mol. The first kappa shape index (κ1) is 32.6. The third-order valence-electron chi connectivity index (χ3n) is 17.8. The lowest BCUT2D eigenvalue weighted by molar-refractivity contribution is -0.272. The van der Waals surface area contributed by atoms with Crippen LogP contribution in [0.2, 0.25) is 0 Å². The van der Waals surface area contributed by atoms with Crippen molar-refractivity contribution in [3.63, 3.8) is 0 Å². The molecule has 1 aliphatic heterocycles. The van der Waals surface area contributed by atoms with Gasteiger partial charge in [0.05, 0.1) is 0 Å². The van der Waals surface area contributed by atoms with E-state index >= 15 is 0 Å². The van der Waals surface area contributed by atoms with Gasteiger partial charge in [-0.2, -0.15) is 4.98 Å². The van der Waals surface area contributed by atoms with Crippen LogP contribution in [0.3, 0.4) is 0 Å². The molecule has 47 heavy (non-hydrogen) atoms. The minimum atomic E-state index is 0.0869. The van der Waals surface area contributed by atoms with Crippen LogP contribution >= 0.6 is 0 Å². The number of anilines is 1. The molecule has 0 saturated heterocycles. The van der Waals surface area contributed by atoms with Crippen LogP contribution in [0.25, 0.3) is 11.8 Å². The van der Waals surface area contributed by atoms with Gasteiger partial charge in [-0.05, 0) is 122 Å². The van der Waals surface area contributed by atoms with Crippen LogP contribution in [0.1, 0.15) is 171 Å². The van der Waals surface area contributed by atoms with Crippen molar-refractivity contribution in [1.29, 1.82) is 0 Å². The molecule has 0 aromatic carbocycles. The van der Waals surface area contributed by atoms with Crippen LogP contribution in [-0.4, -0.2) is 27.4 Å². The Bertz CT molecular complexity index is 1500. The van der Waals surface area contributed by atoms with Crippen molar-refractivity contribution in [2.75, 3.05) is 11.9 Å². The fourth-order valence-electron chi connectivity index (χ4n) is 16.0. The van der Waals surface area contributed by atoms with Crippen molar-refractivity contribution in [1.82, 2.24) is 14.8 Å². The molecule has 9 unspecified atom stereocenters. The van der Waals surface area contributed by atoms with E-state index in [0.29, 0.717) is 33.0 Å². The molecule has 6 saturated carbocycles. The molecule has 1 aromatic rings. The highest BCUT2D eigenvalue weighted by molar-refractivity contribution is 5.72. The van der Waals surface area contributed by atoms with E-state index < -0.39 is 0 Å². The number of nitrogens with zero attached hydrogens (tertiary/aromatic N) is 4. The molecule has 6 aliphatic carbocycles. The summed E-state index contributed by atoms with van der Waals surface area (Å²) in [5.41, 5.74) is 4.13. The highest BCUT2D eigenvalue weighted by Crippen LogP contribution is 2.81. The van der Waals surface area contributed by atoms with E-state index in [1.54, 1.807) is 5.57 Å². The zero-order valence-electron chi connectivity index (χ0n) is 32.1. The molecule has 260 valence electrons. The number of allylic oxidation sites excluding steroid dienone is 3. The Hall–Kier alpha value is -1.58. The molecule has 2 heterocycles. The highest BCUT2D eigenvalue weighted by Gasteiger charge is 2.77. The van der Waals surface area contributed by atoms with Crippen LogP contribution in [0.4, 0.5) is 5.95 Å². The fraction of sp³-hybridized carbons (Fsp3) is 0.860. The van der Waals surface area contributed by atoms with Gasteiger partial charge in [0.15, 0.2) is 5.82 Å². The normalized spacial score (nSPS) is 48.3. The summed E-state index contributed by atoms with van der Waals surface area (Å²) >= 11 is 0. The van der Waals surface area contributed by atoms with Crippen molar-refractivity contribution >= 4 is 17.7 Å². The second kappa shape index (κ2) is 10.0. The third kappa shape index (κ3) is 4.00. The Labute approximate surface area is 288 Å². The maximum absolute atomic E-state index is 5.75. The summed E-state index contributed by atoms with van der Waals surface area (Å²) in [6.45, 7) is 23.3. The van der Waals surface area contributed by atoms with Gasteiger partial charge in [0.2, 0.25) is 5.95 Å². The van der Waals surface area contributed by atoms with Gasteiger partial charge >= 0.3 is 0 Å². The SMILES string of the molecule is CC1C=Cn2nc(N(C)C34CCCC(C)(C)CC5(C)CC(C)(CCC3)C54C)nc2C(C23CCC4(C)CCCCC(C(C)C)(CC2)C43)=C1. The van der Waals surface area contributed by atoms with Gasteiger partial charge < -0.3 is 4.90 Å². The summed E-state index contributed by atoms with van der Waals surface area (Å²) in [5.74, 6) is 4.03. The summed E-state index contributed by atoms with van der Waals surface area (Å²) in [7, 11) is 2.41. The van der Waals surface area contributed by atoms with Gasteiger partial charge in [-0.1, -0.05) is 100 Å². The Kier molecular flexibility index (Phi) is 6.95. The monoisotopic (exact) mass is 641 g/mol. The Balaban J connectivity index is 1.24. The van der Waals surface area contributed by atoms with Crippen LogP contribution in [0, 0.1) is 55.7 Å². The van der Waals surface area contributed by atoms with Gasteiger partial charge in [0.25, 0.3) is 0 Å². The molecule has 4 heteroatoms. The molecule has 9 atom stereocenters. The summed E-state index contributed by atoms with van der Waals surface area (Å²) < 4.78 is 2.24. The van der Waals surface area contributed by atoms with E-state index in [4.69, 9.17) is 10.1 Å². The van der Waals surface area contributed by atoms with E-state index in [0.717, 1.165) is 17.8 Å². The second-order valence-electron chi connectivity index (χ2n) is 20.9. The summed E-state index contributed by atoms with van der Waals surface area (Å²) in [6, 6.07) is 0. The van der Waals surface area contributed by atoms with E-state index in [-0.39, 0.29) is 16.4 Å². The van der Waals surface area contributed by atoms with Crippen LogP contribution < -0.4 is 4.90 Å².